The van der Waals surface area contributed by atoms with Gasteiger partial charge in [-0.2, -0.15) is 0 Å². The highest BCUT2D eigenvalue weighted by Crippen LogP contribution is 2.28. The van der Waals surface area contributed by atoms with E-state index in [2.05, 4.69) is 21.6 Å². The molecule has 2 N–H and O–H groups in total. The summed E-state index contributed by atoms with van der Waals surface area (Å²) in [5.41, 5.74) is 2.85. The number of thiazole rings is 1. The Morgan fingerprint density at radius 1 is 1.14 bits per heavy atom. The Balaban J connectivity index is 1.68. The second-order valence-corrected chi connectivity index (χ2v) is 9.15. The van der Waals surface area contributed by atoms with E-state index in [-0.39, 0.29) is 18.2 Å². The zero-order valence-electron chi connectivity index (χ0n) is 15.9. The predicted octanol–water partition coefficient (Wildman–Crippen LogP) is 3.98. The number of hydrogen-bond acceptors (Lipinski definition) is 5. The second kappa shape index (κ2) is 9.13. The third-order valence-corrected chi connectivity index (χ3v) is 6.56. The van der Waals surface area contributed by atoms with Gasteiger partial charge >= 0.3 is 0 Å². The van der Waals surface area contributed by atoms with E-state index in [1.807, 2.05) is 37.3 Å². The van der Waals surface area contributed by atoms with E-state index in [0.717, 1.165) is 10.6 Å². The minimum atomic E-state index is -3.42. The van der Waals surface area contributed by atoms with Crippen LogP contribution in [0.1, 0.15) is 20.9 Å². The molecule has 1 amide bonds. The van der Waals surface area contributed by atoms with E-state index in [0.29, 0.717) is 21.8 Å². The Hall–Kier alpha value is -2.81. The second-order valence-electron chi connectivity index (χ2n) is 6.35. The van der Waals surface area contributed by atoms with Gasteiger partial charge in [0.2, 0.25) is 10.0 Å². The molecule has 0 aliphatic heterocycles. The molecule has 0 saturated carbocycles. The van der Waals surface area contributed by atoms with Gasteiger partial charge in [0, 0.05) is 17.8 Å². The molecule has 0 fully saturated rings. The van der Waals surface area contributed by atoms with E-state index in [1.54, 1.807) is 24.3 Å². The summed E-state index contributed by atoms with van der Waals surface area (Å²) in [6, 6.07) is 16.4. The van der Waals surface area contributed by atoms with Gasteiger partial charge in [-0.25, -0.2) is 18.1 Å². The third-order valence-electron chi connectivity index (χ3n) is 4.04. The maximum Gasteiger partial charge on any atom is 0.267 e. The summed E-state index contributed by atoms with van der Waals surface area (Å²) in [6.45, 7) is 5.49. The molecule has 1 heterocycles. The first-order valence-electron chi connectivity index (χ1n) is 8.89. The normalized spacial score (nSPS) is 11.2. The Bertz CT molecular complexity index is 1110. The molecular weight excluding hydrogens is 406 g/mol. The van der Waals surface area contributed by atoms with Gasteiger partial charge in [-0.1, -0.05) is 48.5 Å². The topological polar surface area (TPSA) is 88.2 Å². The number of hydrogen-bond donors (Lipinski definition) is 2. The van der Waals surface area contributed by atoms with Crippen LogP contribution in [-0.4, -0.2) is 25.9 Å². The molecule has 0 aliphatic rings. The summed E-state index contributed by atoms with van der Waals surface area (Å²) in [7, 11) is -3.42. The van der Waals surface area contributed by atoms with Crippen molar-refractivity contribution in [1.29, 1.82) is 0 Å². The summed E-state index contributed by atoms with van der Waals surface area (Å²) in [5, 5.41) is 3.63. The van der Waals surface area contributed by atoms with Crippen molar-refractivity contribution in [2.75, 3.05) is 11.9 Å². The molecule has 0 aliphatic carbocycles. The number of nitrogens with zero attached hydrogens (tertiary/aromatic N) is 1. The Labute approximate surface area is 174 Å². The van der Waals surface area contributed by atoms with Crippen molar-refractivity contribution in [2.45, 2.75) is 12.7 Å². The molecule has 0 spiro atoms. The van der Waals surface area contributed by atoms with E-state index < -0.39 is 10.0 Å². The Morgan fingerprint density at radius 2 is 1.83 bits per heavy atom. The molecule has 0 atom stereocenters. The van der Waals surface area contributed by atoms with Crippen molar-refractivity contribution in [3.05, 3.63) is 83.4 Å². The quantitative estimate of drug-likeness (QED) is 0.532. The summed E-state index contributed by atoms with van der Waals surface area (Å²) in [4.78, 5) is 17.7. The Kier molecular flexibility index (Phi) is 6.58. The average Bonchev–Trinajstić information content (AvgIpc) is 3.10. The van der Waals surface area contributed by atoms with E-state index in [9.17, 15) is 13.2 Å². The van der Waals surface area contributed by atoms with Crippen LogP contribution in [0.15, 0.2) is 67.3 Å². The number of aryl methyl sites for hydroxylation is 1. The maximum atomic E-state index is 12.7. The van der Waals surface area contributed by atoms with Crippen LogP contribution in [0.25, 0.3) is 10.6 Å². The smallest absolute Gasteiger partial charge is 0.267 e. The summed E-state index contributed by atoms with van der Waals surface area (Å²) < 4.78 is 26.3. The largest absolute Gasteiger partial charge is 0.321 e. The zero-order chi connectivity index (χ0) is 20.9. The van der Waals surface area contributed by atoms with Crippen LogP contribution < -0.4 is 10.0 Å². The number of benzene rings is 2. The van der Waals surface area contributed by atoms with Crippen molar-refractivity contribution >= 4 is 33.0 Å². The fourth-order valence-electron chi connectivity index (χ4n) is 2.64. The van der Waals surface area contributed by atoms with Crippen molar-refractivity contribution in [3.8, 4) is 10.6 Å². The van der Waals surface area contributed by atoms with Gasteiger partial charge < -0.3 is 5.32 Å². The first-order valence-corrected chi connectivity index (χ1v) is 11.4. The molecule has 0 bridgehead atoms. The molecule has 3 rings (SSSR count). The highest BCUT2D eigenvalue weighted by atomic mass is 32.2. The first-order chi connectivity index (χ1) is 13.9. The first kappa shape index (κ1) is 20.9. The number of rotatable bonds is 8. The molecule has 150 valence electrons. The Morgan fingerprint density at radius 3 is 2.48 bits per heavy atom. The van der Waals surface area contributed by atoms with Crippen molar-refractivity contribution in [2.24, 2.45) is 0 Å². The minimum absolute atomic E-state index is 0.135. The minimum Gasteiger partial charge on any atom is -0.321 e. The lowest BCUT2D eigenvalue weighted by Gasteiger charge is -2.07. The third kappa shape index (κ3) is 5.60. The maximum absolute atomic E-state index is 12.7. The molecule has 8 heteroatoms. The fourth-order valence-corrected chi connectivity index (χ4v) is 4.71. The lowest BCUT2D eigenvalue weighted by Crippen LogP contribution is -2.25. The summed E-state index contributed by atoms with van der Waals surface area (Å²) in [5.74, 6) is -0.376. The highest BCUT2D eigenvalue weighted by Gasteiger charge is 2.17. The summed E-state index contributed by atoms with van der Waals surface area (Å²) >= 11 is 1.34. The summed E-state index contributed by atoms with van der Waals surface area (Å²) in [6.07, 6.45) is 1.49. The van der Waals surface area contributed by atoms with Gasteiger partial charge in [0.05, 0.1) is 11.4 Å². The number of aromatic nitrogens is 1. The average molecular weight is 428 g/mol. The van der Waals surface area contributed by atoms with Gasteiger partial charge in [-0.15, -0.1) is 17.9 Å². The van der Waals surface area contributed by atoms with Gasteiger partial charge in [-0.05, 0) is 24.6 Å². The molecular formula is C21H21N3O3S2. The predicted molar refractivity (Wildman–Crippen MR) is 118 cm³/mol. The van der Waals surface area contributed by atoms with Crippen LogP contribution in [-0.2, 0) is 15.8 Å². The SMILES string of the molecule is C=CCNS(=O)(=O)Cc1ccc(NC(=O)c2sc(-c3ccccc3)nc2C)cc1. The van der Waals surface area contributed by atoms with Gasteiger partial charge in [0.15, 0.2) is 0 Å². The van der Waals surface area contributed by atoms with Crippen LogP contribution in [0.4, 0.5) is 5.69 Å². The fraction of sp³-hybridized carbons (Fsp3) is 0.143. The van der Waals surface area contributed by atoms with E-state index >= 15 is 0 Å². The highest BCUT2D eigenvalue weighted by molar-refractivity contribution is 7.88. The number of carbonyl (C=O) groups is 1. The van der Waals surface area contributed by atoms with E-state index in [4.69, 9.17) is 0 Å². The van der Waals surface area contributed by atoms with Gasteiger partial charge in [0.25, 0.3) is 5.91 Å². The number of amides is 1. The molecule has 2 aromatic carbocycles. The number of nitrogens with one attached hydrogen (secondary N) is 2. The van der Waals surface area contributed by atoms with Crippen LogP contribution >= 0.6 is 11.3 Å². The van der Waals surface area contributed by atoms with Crippen LogP contribution in [0.3, 0.4) is 0 Å². The zero-order valence-corrected chi connectivity index (χ0v) is 17.5. The van der Waals surface area contributed by atoms with Gasteiger partial charge in [-0.3, -0.25) is 4.79 Å². The number of anilines is 1. The molecule has 1 aromatic heterocycles. The van der Waals surface area contributed by atoms with Crippen LogP contribution in [0, 0.1) is 6.92 Å². The molecule has 3 aromatic rings. The van der Waals surface area contributed by atoms with E-state index in [1.165, 1.54) is 17.4 Å². The molecule has 29 heavy (non-hydrogen) atoms. The standard InChI is InChI=1S/C21H21N3O3S2/c1-3-13-22-29(26,27)14-16-9-11-18(12-10-16)24-20(25)19-15(2)23-21(28-19)17-7-5-4-6-8-17/h3-12,22H,1,13-14H2,2H3,(H,24,25). The molecule has 0 unspecified atom stereocenters. The van der Waals surface area contributed by atoms with Crippen molar-refractivity contribution < 1.29 is 13.2 Å². The monoisotopic (exact) mass is 427 g/mol. The van der Waals surface area contributed by atoms with Crippen LogP contribution in [0.5, 0.6) is 0 Å². The van der Waals surface area contributed by atoms with Crippen molar-refractivity contribution in [3.63, 3.8) is 0 Å². The number of carbonyl (C=O) groups excluding carboxylic acids is 1. The van der Waals surface area contributed by atoms with Crippen molar-refractivity contribution in [1.82, 2.24) is 9.71 Å². The van der Waals surface area contributed by atoms with Crippen LogP contribution in [0.2, 0.25) is 0 Å². The lowest BCUT2D eigenvalue weighted by atomic mass is 10.2. The molecule has 0 radical (unpaired) electrons. The molecule has 0 saturated heterocycles. The molecule has 6 nitrogen and oxygen atoms in total. The number of sulfonamides is 1. The van der Waals surface area contributed by atoms with Gasteiger partial charge in [0.1, 0.15) is 9.88 Å². The lowest BCUT2D eigenvalue weighted by molar-refractivity contribution is 0.103.